The summed E-state index contributed by atoms with van der Waals surface area (Å²) in [6.07, 6.45) is 1.75. The van der Waals surface area contributed by atoms with Gasteiger partial charge in [0, 0.05) is 43.9 Å². The Labute approximate surface area is 255 Å². The van der Waals surface area contributed by atoms with Gasteiger partial charge in [0.15, 0.2) is 0 Å². The minimum absolute atomic E-state index is 0.178. The van der Waals surface area contributed by atoms with Gasteiger partial charge in [0.2, 0.25) is 10.0 Å². The van der Waals surface area contributed by atoms with E-state index in [1.165, 1.54) is 10.4 Å². The SMILES string of the molecule is CC(C)Cc1cccc(S(=O)(=O)Cl)c1.CC(C)Cc1cccc(S(=O)(=O)N(C)CCN(C)C)c1.CNCCN(C)C. The van der Waals surface area contributed by atoms with E-state index < -0.39 is 19.1 Å². The maximum atomic E-state index is 12.5. The van der Waals surface area contributed by atoms with Crippen molar-refractivity contribution in [1.29, 1.82) is 0 Å². The lowest BCUT2D eigenvalue weighted by atomic mass is 10.0. The van der Waals surface area contributed by atoms with Gasteiger partial charge in [-0.2, -0.15) is 4.31 Å². The van der Waals surface area contributed by atoms with Crippen molar-refractivity contribution in [1.82, 2.24) is 19.4 Å². The Morgan fingerprint density at radius 3 is 1.51 bits per heavy atom. The fourth-order valence-electron chi connectivity index (χ4n) is 3.58. The van der Waals surface area contributed by atoms with E-state index >= 15 is 0 Å². The summed E-state index contributed by atoms with van der Waals surface area (Å²) in [5.41, 5.74) is 2.07. The molecule has 2 aromatic carbocycles. The molecule has 0 radical (unpaired) electrons. The van der Waals surface area contributed by atoms with Crippen molar-refractivity contribution in [2.24, 2.45) is 11.8 Å². The van der Waals surface area contributed by atoms with Crippen LogP contribution < -0.4 is 5.32 Å². The largest absolute Gasteiger partial charge is 0.318 e. The van der Waals surface area contributed by atoms with Crippen molar-refractivity contribution in [3.63, 3.8) is 0 Å². The van der Waals surface area contributed by atoms with Gasteiger partial charge in [-0.3, -0.25) is 0 Å². The van der Waals surface area contributed by atoms with Gasteiger partial charge in [-0.15, -0.1) is 0 Å². The van der Waals surface area contributed by atoms with Gasteiger partial charge in [0.25, 0.3) is 9.05 Å². The molecule has 11 heteroatoms. The molecule has 0 aliphatic rings. The zero-order valence-corrected chi connectivity index (χ0v) is 29.1. The number of nitrogens with one attached hydrogen (secondary N) is 1. The molecule has 1 N–H and O–H groups in total. The fourth-order valence-corrected chi connectivity index (χ4v) is 5.63. The first-order chi connectivity index (χ1) is 18.9. The summed E-state index contributed by atoms with van der Waals surface area (Å²) in [4.78, 5) is 4.69. The van der Waals surface area contributed by atoms with Crippen molar-refractivity contribution in [3.05, 3.63) is 59.7 Å². The standard InChI is InChI=1S/C15H26N2O2S.C10H13ClO2S.C5H14N2/c1-13(2)11-14-7-6-8-15(12-14)20(18,19)17(5)10-9-16(3)4;1-8(2)6-9-4-3-5-10(7-9)14(11,12)13;1-6-4-5-7(2)3/h6-8,12-13H,9-11H2,1-5H3;3-5,7-8H,6H2,1-2H3;6H,4-5H2,1-3H3. The molecule has 0 amide bonds. The molecule has 2 rings (SSSR count). The highest BCUT2D eigenvalue weighted by atomic mass is 35.7. The lowest BCUT2D eigenvalue weighted by Gasteiger charge is -2.20. The van der Waals surface area contributed by atoms with Crippen molar-refractivity contribution in [2.75, 3.05) is 68.5 Å². The van der Waals surface area contributed by atoms with Gasteiger partial charge in [-0.05, 0) is 95.3 Å². The van der Waals surface area contributed by atoms with E-state index in [2.05, 4.69) is 52.0 Å². The topological polar surface area (TPSA) is 90.0 Å². The molecule has 0 atom stereocenters. The molecule has 0 spiro atoms. The summed E-state index contributed by atoms with van der Waals surface area (Å²) in [6, 6.07) is 14.0. The predicted octanol–water partition coefficient (Wildman–Crippen LogP) is 4.65. The van der Waals surface area contributed by atoms with Crippen LogP contribution in [0.15, 0.2) is 58.3 Å². The Kier molecular flexibility index (Phi) is 18.9. The van der Waals surface area contributed by atoms with Gasteiger partial charge in [-0.25, -0.2) is 16.8 Å². The van der Waals surface area contributed by atoms with E-state index in [4.69, 9.17) is 10.7 Å². The van der Waals surface area contributed by atoms with E-state index in [-0.39, 0.29) is 4.90 Å². The monoisotopic (exact) mass is 632 g/mol. The van der Waals surface area contributed by atoms with E-state index in [9.17, 15) is 16.8 Å². The molecule has 41 heavy (non-hydrogen) atoms. The van der Waals surface area contributed by atoms with E-state index in [0.29, 0.717) is 29.8 Å². The summed E-state index contributed by atoms with van der Waals surface area (Å²) in [5.74, 6) is 1.02. The predicted molar refractivity (Wildman–Crippen MR) is 174 cm³/mol. The van der Waals surface area contributed by atoms with Crippen LogP contribution in [0.25, 0.3) is 0 Å². The zero-order chi connectivity index (χ0) is 31.8. The van der Waals surface area contributed by atoms with Crippen molar-refractivity contribution >= 4 is 29.8 Å². The molecule has 236 valence electrons. The van der Waals surface area contributed by atoms with Crippen LogP contribution in [0.1, 0.15) is 38.8 Å². The van der Waals surface area contributed by atoms with E-state index in [0.717, 1.165) is 37.1 Å². The second-order valence-electron chi connectivity index (χ2n) is 11.5. The van der Waals surface area contributed by atoms with Crippen LogP contribution >= 0.6 is 10.7 Å². The second kappa shape index (κ2) is 19.6. The first kappa shape index (κ1) is 39.5. The molecular weight excluding hydrogens is 580 g/mol. The smallest absolute Gasteiger partial charge is 0.261 e. The number of rotatable bonds is 13. The van der Waals surface area contributed by atoms with Crippen LogP contribution in [0, 0.1) is 11.8 Å². The lowest BCUT2D eigenvalue weighted by Crippen LogP contribution is -2.33. The maximum Gasteiger partial charge on any atom is 0.261 e. The first-order valence-electron chi connectivity index (χ1n) is 13.9. The van der Waals surface area contributed by atoms with E-state index in [1.54, 1.807) is 31.3 Å². The highest BCUT2D eigenvalue weighted by Crippen LogP contribution is 2.19. The fraction of sp³-hybridized carbons (Fsp3) is 0.600. The van der Waals surface area contributed by atoms with Gasteiger partial charge in [-0.1, -0.05) is 52.0 Å². The second-order valence-corrected chi connectivity index (χ2v) is 16.1. The van der Waals surface area contributed by atoms with Crippen molar-refractivity contribution in [3.8, 4) is 0 Å². The highest BCUT2D eigenvalue weighted by Gasteiger charge is 2.20. The van der Waals surface area contributed by atoms with Crippen LogP contribution in [0.4, 0.5) is 0 Å². The van der Waals surface area contributed by atoms with Crippen LogP contribution in [0.3, 0.4) is 0 Å². The Bertz CT molecular complexity index is 1220. The zero-order valence-electron chi connectivity index (χ0n) is 26.7. The van der Waals surface area contributed by atoms with Gasteiger partial charge < -0.3 is 15.1 Å². The third kappa shape index (κ3) is 17.9. The summed E-state index contributed by atoms with van der Waals surface area (Å²) < 4.78 is 48.5. The molecule has 0 bridgehead atoms. The summed E-state index contributed by atoms with van der Waals surface area (Å²) in [6.45, 7) is 11.8. The first-order valence-corrected chi connectivity index (χ1v) is 17.7. The van der Waals surface area contributed by atoms with Gasteiger partial charge in [0.1, 0.15) is 0 Å². The molecule has 0 aliphatic heterocycles. The molecule has 0 saturated carbocycles. The van der Waals surface area contributed by atoms with Crippen LogP contribution in [0.2, 0.25) is 0 Å². The molecule has 8 nitrogen and oxygen atoms in total. The van der Waals surface area contributed by atoms with Crippen molar-refractivity contribution in [2.45, 2.75) is 50.3 Å². The van der Waals surface area contributed by atoms with Crippen LogP contribution in [-0.4, -0.2) is 99.4 Å². The number of halogens is 1. The number of sulfonamides is 1. The molecule has 0 unspecified atom stereocenters. The molecular formula is C30H53ClN4O4S2. The summed E-state index contributed by atoms with van der Waals surface area (Å²) in [7, 11) is 9.86. The molecule has 0 aliphatic carbocycles. The lowest BCUT2D eigenvalue weighted by molar-refractivity contribution is 0.358. The maximum absolute atomic E-state index is 12.5. The number of likely N-dealkylation sites (N-methyl/N-ethyl adjacent to an activating group) is 4. The number of hydrogen-bond donors (Lipinski definition) is 1. The van der Waals surface area contributed by atoms with Crippen molar-refractivity contribution < 1.29 is 16.8 Å². The minimum atomic E-state index is -3.59. The highest BCUT2D eigenvalue weighted by molar-refractivity contribution is 8.13. The quantitative estimate of drug-likeness (QED) is 0.322. The number of benzene rings is 2. The van der Waals surface area contributed by atoms with Crippen LogP contribution in [-0.2, 0) is 31.9 Å². The molecule has 0 fully saturated rings. The Hall–Kier alpha value is -1.53. The molecule has 0 aromatic heterocycles. The normalized spacial score (nSPS) is 12.0. The third-order valence-electron chi connectivity index (χ3n) is 5.75. The molecule has 2 aromatic rings. The Morgan fingerprint density at radius 1 is 0.707 bits per heavy atom. The summed E-state index contributed by atoms with van der Waals surface area (Å²) >= 11 is 0. The Morgan fingerprint density at radius 2 is 1.15 bits per heavy atom. The van der Waals surface area contributed by atoms with Crippen LogP contribution in [0.5, 0.6) is 0 Å². The molecule has 0 heterocycles. The van der Waals surface area contributed by atoms with E-state index in [1.807, 2.05) is 44.2 Å². The third-order valence-corrected chi connectivity index (χ3v) is 8.95. The number of hydrogen-bond acceptors (Lipinski definition) is 7. The van der Waals surface area contributed by atoms with Gasteiger partial charge >= 0.3 is 0 Å². The van der Waals surface area contributed by atoms with Gasteiger partial charge in [0.05, 0.1) is 9.79 Å². The average Bonchev–Trinajstić information content (AvgIpc) is 2.85. The summed E-state index contributed by atoms with van der Waals surface area (Å²) in [5, 5.41) is 3.06. The molecule has 0 saturated heterocycles. The average molecular weight is 633 g/mol. The number of nitrogens with zero attached hydrogens (tertiary/aromatic N) is 3. The minimum Gasteiger partial charge on any atom is -0.318 e. The Balaban J connectivity index is 0.000000659.